The highest BCUT2D eigenvalue weighted by Crippen LogP contribution is 2.56. The molecule has 0 bridgehead atoms. The zero-order valence-corrected chi connectivity index (χ0v) is 22.9. The van der Waals surface area contributed by atoms with Crippen LogP contribution in [0.25, 0.3) is 65.3 Å². The maximum absolute atomic E-state index is 3.75. The van der Waals surface area contributed by atoms with Gasteiger partial charge in [0.2, 0.25) is 0 Å². The number of fused-ring (bicyclic) bond motifs is 11. The van der Waals surface area contributed by atoms with Crippen LogP contribution < -0.4 is 0 Å². The van der Waals surface area contributed by atoms with E-state index in [0.717, 1.165) is 4.47 Å². The molecule has 7 aromatic carbocycles. The quantitative estimate of drug-likeness (QED) is 0.179. The van der Waals surface area contributed by atoms with Crippen molar-refractivity contribution in [2.24, 2.45) is 0 Å². The lowest BCUT2D eigenvalue weighted by atomic mass is 9.77. The molecule has 0 aliphatic heterocycles. The molecule has 0 aromatic heterocycles. The van der Waals surface area contributed by atoms with Crippen LogP contribution in [0.2, 0.25) is 0 Å². The Labute approximate surface area is 230 Å². The smallest absolute Gasteiger partial charge is 0.0178 e. The molecule has 0 amide bonds. The largest absolute Gasteiger partial charge is 0.0616 e. The van der Waals surface area contributed by atoms with Crippen molar-refractivity contribution in [1.29, 1.82) is 0 Å². The summed E-state index contributed by atoms with van der Waals surface area (Å²) in [4.78, 5) is 0. The van der Waals surface area contributed by atoms with Crippen LogP contribution in [0.1, 0.15) is 25.0 Å². The highest BCUT2D eigenvalue weighted by atomic mass is 79.9. The Morgan fingerprint density at radius 1 is 0.526 bits per heavy atom. The number of benzene rings is 7. The van der Waals surface area contributed by atoms with Crippen LogP contribution in [0, 0.1) is 0 Å². The van der Waals surface area contributed by atoms with Gasteiger partial charge in [0.05, 0.1) is 0 Å². The normalized spacial score (nSPS) is 13.9. The molecule has 0 N–H and O–H groups in total. The third-order valence-electron chi connectivity index (χ3n) is 8.64. The Morgan fingerprint density at radius 2 is 1.21 bits per heavy atom. The van der Waals surface area contributed by atoms with Gasteiger partial charge in [0, 0.05) is 9.89 Å². The zero-order valence-electron chi connectivity index (χ0n) is 21.3. The molecule has 1 heteroatoms. The maximum atomic E-state index is 3.75. The van der Waals surface area contributed by atoms with Crippen molar-refractivity contribution in [2.75, 3.05) is 0 Å². The summed E-state index contributed by atoms with van der Waals surface area (Å²) in [5, 5.41) is 10.6. The van der Waals surface area contributed by atoms with E-state index in [1.54, 1.807) is 0 Å². The fraction of sp³-hybridized carbons (Fsp3) is 0.0811. The van der Waals surface area contributed by atoms with Crippen LogP contribution in [0.3, 0.4) is 0 Å². The van der Waals surface area contributed by atoms with Crippen LogP contribution in [-0.4, -0.2) is 0 Å². The summed E-state index contributed by atoms with van der Waals surface area (Å²) in [6, 6.07) is 42.8. The second-order valence-corrected chi connectivity index (χ2v) is 12.0. The molecule has 0 atom stereocenters. The lowest BCUT2D eigenvalue weighted by Crippen LogP contribution is -2.16. The molecule has 0 unspecified atom stereocenters. The minimum atomic E-state index is -0.121. The second kappa shape index (κ2) is 7.79. The van der Waals surface area contributed by atoms with E-state index >= 15 is 0 Å². The molecule has 180 valence electrons. The Kier molecular flexibility index (Phi) is 4.52. The Bertz CT molecular complexity index is 2110. The van der Waals surface area contributed by atoms with Crippen molar-refractivity contribution < 1.29 is 0 Å². The van der Waals surface area contributed by atoms with Crippen molar-refractivity contribution >= 4 is 59.0 Å². The van der Waals surface area contributed by atoms with E-state index in [2.05, 4.69) is 145 Å². The Hall–Kier alpha value is -3.94. The van der Waals surface area contributed by atoms with Gasteiger partial charge < -0.3 is 0 Å². The summed E-state index contributed by atoms with van der Waals surface area (Å²) < 4.78 is 1.13. The summed E-state index contributed by atoms with van der Waals surface area (Å²) in [7, 11) is 0. The van der Waals surface area contributed by atoms with Crippen molar-refractivity contribution in [3.05, 3.63) is 131 Å². The van der Waals surface area contributed by atoms with E-state index in [-0.39, 0.29) is 5.41 Å². The number of hydrogen-bond donors (Lipinski definition) is 0. The lowest BCUT2D eigenvalue weighted by molar-refractivity contribution is 0.666. The van der Waals surface area contributed by atoms with Gasteiger partial charge in [-0.05, 0) is 101 Å². The average molecular weight is 550 g/mol. The molecule has 0 nitrogen and oxygen atoms in total. The van der Waals surface area contributed by atoms with Crippen LogP contribution in [0.5, 0.6) is 0 Å². The zero-order chi connectivity index (χ0) is 25.6. The SMILES string of the molecule is CC1(C)c2cc(Br)ccc2-c2c1c1c3ccccc3c(-c3ccc4ccccc4c3)cc1c1ccccc21. The van der Waals surface area contributed by atoms with Gasteiger partial charge in [-0.15, -0.1) is 0 Å². The van der Waals surface area contributed by atoms with Gasteiger partial charge >= 0.3 is 0 Å². The van der Waals surface area contributed by atoms with Gasteiger partial charge in [-0.1, -0.05) is 121 Å². The van der Waals surface area contributed by atoms with Crippen LogP contribution in [-0.2, 0) is 5.41 Å². The molecular formula is C37H25Br. The fourth-order valence-corrected chi connectivity index (χ4v) is 7.30. The van der Waals surface area contributed by atoms with Crippen molar-refractivity contribution in [3.8, 4) is 22.3 Å². The molecule has 1 aliphatic carbocycles. The van der Waals surface area contributed by atoms with Crippen LogP contribution in [0.15, 0.2) is 120 Å². The first-order valence-corrected chi connectivity index (χ1v) is 14.0. The molecule has 1 aliphatic rings. The summed E-state index contributed by atoms with van der Waals surface area (Å²) >= 11 is 3.75. The second-order valence-electron chi connectivity index (χ2n) is 11.1. The van der Waals surface area contributed by atoms with E-state index < -0.39 is 0 Å². The summed E-state index contributed by atoms with van der Waals surface area (Å²) in [6.45, 7) is 4.79. The highest BCUT2D eigenvalue weighted by molar-refractivity contribution is 9.10. The van der Waals surface area contributed by atoms with Gasteiger partial charge in [-0.25, -0.2) is 0 Å². The topological polar surface area (TPSA) is 0 Å². The van der Waals surface area contributed by atoms with E-state index in [9.17, 15) is 0 Å². The first-order valence-electron chi connectivity index (χ1n) is 13.2. The number of rotatable bonds is 1. The van der Waals surface area contributed by atoms with Crippen LogP contribution in [0.4, 0.5) is 0 Å². The molecule has 38 heavy (non-hydrogen) atoms. The summed E-state index contributed by atoms with van der Waals surface area (Å²) in [5.74, 6) is 0. The Morgan fingerprint density at radius 3 is 2.03 bits per heavy atom. The highest BCUT2D eigenvalue weighted by Gasteiger charge is 2.39. The molecular weight excluding hydrogens is 524 g/mol. The van der Waals surface area contributed by atoms with E-state index in [0.29, 0.717) is 0 Å². The molecule has 0 fully saturated rings. The average Bonchev–Trinajstić information content (AvgIpc) is 3.18. The van der Waals surface area contributed by atoms with Gasteiger partial charge in [0.1, 0.15) is 0 Å². The van der Waals surface area contributed by atoms with Gasteiger partial charge in [-0.2, -0.15) is 0 Å². The summed E-state index contributed by atoms with van der Waals surface area (Å²) in [5.41, 5.74) is 8.02. The molecule has 7 aromatic rings. The van der Waals surface area contributed by atoms with Gasteiger partial charge in [0.15, 0.2) is 0 Å². The van der Waals surface area contributed by atoms with E-state index in [1.165, 1.54) is 76.5 Å². The molecule has 0 saturated carbocycles. The number of hydrogen-bond acceptors (Lipinski definition) is 0. The molecule has 0 heterocycles. The minimum Gasteiger partial charge on any atom is -0.0616 e. The summed E-state index contributed by atoms with van der Waals surface area (Å²) in [6.07, 6.45) is 0. The fourth-order valence-electron chi connectivity index (χ4n) is 6.94. The molecule has 8 rings (SSSR count). The van der Waals surface area contributed by atoms with E-state index in [4.69, 9.17) is 0 Å². The predicted octanol–water partition coefficient (Wildman–Crippen LogP) is 11.0. The third kappa shape index (κ3) is 2.91. The predicted molar refractivity (Wildman–Crippen MR) is 167 cm³/mol. The molecule has 0 saturated heterocycles. The molecule has 0 radical (unpaired) electrons. The van der Waals surface area contributed by atoms with Crippen molar-refractivity contribution in [2.45, 2.75) is 19.3 Å². The standard InChI is InChI=1S/C37H25Br/c1-37(2)33-20-25(38)17-18-30(33)34-29-14-8-6-12-27(29)32-21-31(24-16-15-22-9-3-4-10-23(22)19-24)26-11-5-7-13-28(26)35(32)36(34)37/h3-21H,1-2H3. The van der Waals surface area contributed by atoms with Crippen LogP contribution >= 0.6 is 15.9 Å². The minimum absolute atomic E-state index is 0.121. The Balaban J connectivity index is 1.59. The van der Waals surface area contributed by atoms with E-state index in [1.807, 2.05) is 0 Å². The third-order valence-corrected chi connectivity index (χ3v) is 9.13. The first-order chi connectivity index (χ1) is 18.5. The maximum Gasteiger partial charge on any atom is 0.0178 e. The molecule has 0 spiro atoms. The number of halogens is 1. The monoisotopic (exact) mass is 548 g/mol. The first kappa shape index (κ1) is 22.1. The lowest BCUT2D eigenvalue weighted by Gasteiger charge is -2.25. The van der Waals surface area contributed by atoms with Gasteiger partial charge in [-0.3, -0.25) is 0 Å². The van der Waals surface area contributed by atoms with Gasteiger partial charge in [0.25, 0.3) is 0 Å². The van der Waals surface area contributed by atoms with Crippen molar-refractivity contribution in [1.82, 2.24) is 0 Å². The van der Waals surface area contributed by atoms with Crippen molar-refractivity contribution in [3.63, 3.8) is 0 Å².